The van der Waals surface area contributed by atoms with Crippen molar-refractivity contribution in [3.63, 3.8) is 0 Å². The molecule has 0 bridgehead atoms. The van der Waals surface area contributed by atoms with Crippen molar-refractivity contribution in [1.29, 1.82) is 0 Å². The van der Waals surface area contributed by atoms with Crippen LogP contribution in [0.3, 0.4) is 0 Å². The van der Waals surface area contributed by atoms with Crippen LogP contribution in [0.2, 0.25) is 0 Å². The largest absolute Gasteiger partial charge is 0.489 e. The van der Waals surface area contributed by atoms with Gasteiger partial charge in [0.2, 0.25) is 0 Å². The maximum absolute atomic E-state index is 10.5. The molecule has 1 saturated carbocycles. The predicted octanol–water partition coefficient (Wildman–Crippen LogP) is 3.73. The Labute approximate surface area is 116 Å². The monoisotopic (exact) mass is 263 g/mol. The van der Waals surface area contributed by atoms with Crippen molar-refractivity contribution in [3.05, 3.63) is 24.0 Å². The lowest BCUT2D eigenvalue weighted by Crippen LogP contribution is -2.19. The number of pyridine rings is 1. The standard InChI is InChI=1S/C16H25NO2/c1-11(2)19-15-8-14(9-17-10-15)16(18)13-6-4-12(3)5-7-13/h8-13,16,18H,4-7H2,1-3H3. The Balaban J connectivity index is 2.04. The molecule has 1 N–H and O–H groups in total. The molecule has 1 atom stereocenters. The van der Waals surface area contributed by atoms with E-state index in [9.17, 15) is 5.11 Å². The minimum Gasteiger partial charge on any atom is -0.489 e. The first-order chi connectivity index (χ1) is 9.06. The van der Waals surface area contributed by atoms with Crippen LogP contribution in [0.1, 0.15) is 58.1 Å². The van der Waals surface area contributed by atoms with Crippen LogP contribution in [-0.4, -0.2) is 16.2 Å². The van der Waals surface area contributed by atoms with E-state index in [1.165, 1.54) is 12.8 Å². The Morgan fingerprint density at radius 1 is 1.21 bits per heavy atom. The molecule has 0 amide bonds. The van der Waals surface area contributed by atoms with Crippen LogP contribution in [0.15, 0.2) is 18.5 Å². The minimum atomic E-state index is -0.407. The van der Waals surface area contributed by atoms with Crippen LogP contribution < -0.4 is 4.74 Å². The van der Waals surface area contributed by atoms with E-state index >= 15 is 0 Å². The Morgan fingerprint density at radius 3 is 2.53 bits per heavy atom. The van der Waals surface area contributed by atoms with Crippen molar-refractivity contribution >= 4 is 0 Å². The molecule has 0 aliphatic heterocycles. The molecule has 3 heteroatoms. The number of aliphatic hydroxyl groups excluding tert-OH is 1. The van der Waals surface area contributed by atoms with Gasteiger partial charge in [-0.25, -0.2) is 0 Å². The highest BCUT2D eigenvalue weighted by Crippen LogP contribution is 2.37. The summed E-state index contributed by atoms with van der Waals surface area (Å²) in [4.78, 5) is 4.18. The molecule has 106 valence electrons. The number of rotatable bonds is 4. The number of aromatic nitrogens is 1. The molecule has 0 aromatic carbocycles. The van der Waals surface area contributed by atoms with E-state index in [1.807, 2.05) is 19.9 Å². The van der Waals surface area contributed by atoms with E-state index in [0.717, 1.165) is 30.1 Å². The van der Waals surface area contributed by atoms with E-state index < -0.39 is 6.10 Å². The van der Waals surface area contributed by atoms with Crippen molar-refractivity contribution in [2.45, 2.75) is 58.7 Å². The smallest absolute Gasteiger partial charge is 0.138 e. The molecule has 3 nitrogen and oxygen atoms in total. The zero-order valence-electron chi connectivity index (χ0n) is 12.2. The van der Waals surface area contributed by atoms with E-state index in [0.29, 0.717) is 5.92 Å². The lowest BCUT2D eigenvalue weighted by Gasteiger charge is -2.30. The Hall–Kier alpha value is -1.09. The summed E-state index contributed by atoms with van der Waals surface area (Å²) in [6.07, 6.45) is 7.85. The summed E-state index contributed by atoms with van der Waals surface area (Å²) in [5.41, 5.74) is 0.887. The van der Waals surface area contributed by atoms with Crippen LogP contribution in [-0.2, 0) is 0 Å². The quantitative estimate of drug-likeness (QED) is 0.900. The van der Waals surface area contributed by atoms with Crippen LogP contribution >= 0.6 is 0 Å². The predicted molar refractivity (Wildman–Crippen MR) is 76.1 cm³/mol. The van der Waals surface area contributed by atoms with E-state index in [4.69, 9.17) is 4.74 Å². The van der Waals surface area contributed by atoms with Gasteiger partial charge in [-0.05, 0) is 44.6 Å². The van der Waals surface area contributed by atoms with Crippen molar-refractivity contribution in [1.82, 2.24) is 4.98 Å². The number of ether oxygens (including phenoxy) is 1. The molecule has 1 aromatic rings. The molecule has 0 saturated heterocycles. The van der Waals surface area contributed by atoms with Crippen molar-refractivity contribution in [2.75, 3.05) is 0 Å². The Kier molecular flexibility index (Phi) is 4.81. The number of aliphatic hydroxyl groups is 1. The normalized spacial score (nSPS) is 25.3. The summed E-state index contributed by atoms with van der Waals surface area (Å²) in [5.74, 6) is 1.92. The van der Waals surface area contributed by atoms with Gasteiger partial charge in [0.1, 0.15) is 5.75 Å². The molecule has 1 aliphatic carbocycles. The second-order valence-electron chi connectivity index (χ2n) is 6.09. The van der Waals surface area contributed by atoms with Gasteiger partial charge in [0.15, 0.2) is 0 Å². The molecule has 1 unspecified atom stereocenters. The highest BCUT2D eigenvalue weighted by molar-refractivity contribution is 5.25. The number of nitrogens with zero attached hydrogens (tertiary/aromatic N) is 1. The van der Waals surface area contributed by atoms with Gasteiger partial charge >= 0.3 is 0 Å². The zero-order chi connectivity index (χ0) is 13.8. The first-order valence-corrected chi connectivity index (χ1v) is 7.36. The summed E-state index contributed by atoms with van der Waals surface area (Å²) in [6, 6.07) is 1.93. The molecule has 0 spiro atoms. The summed E-state index contributed by atoms with van der Waals surface area (Å²) in [7, 11) is 0. The second kappa shape index (κ2) is 6.38. The van der Waals surface area contributed by atoms with Gasteiger partial charge in [-0.15, -0.1) is 0 Å². The van der Waals surface area contributed by atoms with Crippen LogP contribution in [0, 0.1) is 11.8 Å². The number of hydrogen-bond acceptors (Lipinski definition) is 3. The fourth-order valence-corrected chi connectivity index (χ4v) is 2.81. The Bertz CT molecular complexity index is 397. The first kappa shape index (κ1) is 14.3. The molecule has 1 aliphatic rings. The second-order valence-corrected chi connectivity index (χ2v) is 6.09. The minimum absolute atomic E-state index is 0.129. The average molecular weight is 263 g/mol. The van der Waals surface area contributed by atoms with Crippen LogP contribution in [0.5, 0.6) is 5.75 Å². The van der Waals surface area contributed by atoms with E-state index in [1.54, 1.807) is 12.4 Å². The third-order valence-corrected chi connectivity index (χ3v) is 3.95. The highest BCUT2D eigenvalue weighted by atomic mass is 16.5. The Morgan fingerprint density at radius 2 is 1.89 bits per heavy atom. The fourth-order valence-electron chi connectivity index (χ4n) is 2.81. The van der Waals surface area contributed by atoms with Gasteiger partial charge in [-0.2, -0.15) is 0 Å². The molecule has 1 fully saturated rings. The first-order valence-electron chi connectivity index (χ1n) is 7.36. The van der Waals surface area contributed by atoms with E-state index in [2.05, 4.69) is 11.9 Å². The van der Waals surface area contributed by atoms with Crippen molar-refractivity contribution in [2.24, 2.45) is 11.8 Å². The fraction of sp³-hybridized carbons (Fsp3) is 0.688. The zero-order valence-corrected chi connectivity index (χ0v) is 12.2. The van der Waals surface area contributed by atoms with Crippen molar-refractivity contribution in [3.8, 4) is 5.75 Å². The van der Waals surface area contributed by atoms with Gasteiger partial charge < -0.3 is 9.84 Å². The maximum Gasteiger partial charge on any atom is 0.138 e. The topological polar surface area (TPSA) is 42.4 Å². The SMILES string of the molecule is CC1CCC(C(O)c2cncc(OC(C)C)c2)CC1. The van der Waals surface area contributed by atoms with Crippen LogP contribution in [0.25, 0.3) is 0 Å². The van der Waals surface area contributed by atoms with Gasteiger partial charge in [0.05, 0.1) is 18.4 Å². The summed E-state index contributed by atoms with van der Waals surface area (Å²) < 4.78 is 5.64. The van der Waals surface area contributed by atoms with E-state index in [-0.39, 0.29) is 6.10 Å². The molecular weight excluding hydrogens is 238 g/mol. The summed E-state index contributed by atoms with van der Waals surface area (Å²) in [6.45, 7) is 6.28. The molecule has 19 heavy (non-hydrogen) atoms. The van der Waals surface area contributed by atoms with Gasteiger partial charge in [0, 0.05) is 11.8 Å². The number of hydrogen-bond donors (Lipinski definition) is 1. The lowest BCUT2D eigenvalue weighted by atomic mass is 9.79. The molecule has 0 radical (unpaired) electrons. The molecular formula is C16H25NO2. The molecule has 2 rings (SSSR count). The van der Waals surface area contributed by atoms with Crippen molar-refractivity contribution < 1.29 is 9.84 Å². The third kappa shape index (κ3) is 3.93. The molecule has 1 aromatic heterocycles. The van der Waals surface area contributed by atoms with Gasteiger partial charge in [0.25, 0.3) is 0 Å². The maximum atomic E-state index is 10.5. The van der Waals surface area contributed by atoms with Gasteiger partial charge in [-0.3, -0.25) is 4.98 Å². The summed E-state index contributed by atoms with van der Waals surface area (Å²) in [5, 5.41) is 10.5. The van der Waals surface area contributed by atoms with Crippen LogP contribution in [0.4, 0.5) is 0 Å². The lowest BCUT2D eigenvalue weighted by molar-refractivity contribution is 0.0749. The molecule has 1 heterocycles. The highest BCUT2D eigenvalue weighted by Gasteiger charge is 2.26. The summed E-state index contributed by atoms with van der Waals surface area (Å²) >= 11 is 0. The van der Waals surface area contributed by atoms with Gasteiger partial charge in [-0.1, -0.05) is 19.8 Å². The average Bonchev–Trinajstić information content (AvgIpc) is 2.38. The third-order valence-electron chi connectivity index (χ3n) is 3.95.